The zero-order valence-electron chi connectivity index (χ0n) is 15.6. The number of hydrogen-bond acceptors (Lipinski definition) is 6. The molecule has 7 heteroatoms. The normalized spacial score (nSPS) is 19.8. The summed E-state index contributed by atoms with van der Waals surface area (Å²) >= 11 is 0. The van der Waals surface area contributed by atoms with Gasteiger partial charge in [-0.15, -0.1) is 5.10 Å². The Morgan fingerprint density at radius 1 is 1.04 bits per heavy atom. The molecule has 1 aliphatic rings. The van der Waals surface area contributed by atoms with Gasteiger partial charge in [0.15, 0.2) is 5.65 Å². The Labute approximate surface area is 157 Å². The average molecular weight is 368 g/mol. The molecule has 0 unspecified atom stereocenters. The van der Waals surface area contributed by atoms with Gasteiger partial charge in [0.25, 0.3) is 0 Å². The van der Waals surface area contributed by atoms with Gasteiger partial charge in [0.1, 0.15) is 17.3 Å². The topological polar surface area (TPSA) is 80.9 Å². The molecule has 4 rings (SSSR count). The zero-order chi connectivity index (χ0) is 18.8. The summed E-state index contributed by atoms with van der Waals surface area (Å²) in [5, 5.41) is 17.9. The predicted octanol–water partition coefficient (Wildman–Crippen LogP) is 3.13. The summed E-state index contributed by atoms with van der Waals surface area (Å²) in [6, 6.07) is 9.95. The first-order valence-electron chi connectivity index (χ1n) is 9.19. The summed E-state index contributed by atoms with van der Waals surface area (Å²) in [6.45, 7) is 0. The maximum absolute atomic E-state index is 9.68. The third kappa shape index (κ3) is 3.68. The highest BCUT2D eigenvalue weighted by Crippen LogP contribution is 2.30. The number of ether oxygens (including phenoxy) is 2. The van der Waals surface area contributed by atoms with Crippen molar-refractivity contribution in [2.75, 3.05) is 19.5 Å². The van der Waals surface area contributed by atoms with Gasteiger partial charge in [-0.2, -0.15) is 0 Å². The van der Waals surface area contributed by atoms with E-state index >= 15 is 0 Å². The van der Waals surface area contributed by atoms with E-state index in [1.54, 1.807) is 20.4 Å². The van der Waals surface area contributed by atoms with Crippen molar-refractivity contribution >= 4 is 11.5 Å². The fourth-order valence-electron chi connectivity index (χ4n) is 3.53. The van der Waals surface area contributed by atoms with E-state index in [1.807, 2.05) is 34.8 Å². The predicted molar refractivity (Wildman–Crippen MR) is 103 cm³/mol. The van der Waals surface area contributed by atoms with Crippen LogP contribution in [-0.2, 0) is 0 Å². The molecular formula is C20H24N4O3. The quantitative estimate of drug-likeness (QED) is 0.720. The molecule has 2 aromatic heterocycles. The number of benzene rings is 1. The maximum Gasteiger partial charge on any atom is 0.154 e. The highest BCUT2D eigenvalue weighted by Gasteiger charge is 2.20. The third-order valence-corrected chi connectivity index (χ3v) is 5.06. The number of aliphatic hydroxyl groups is 1. The van der Waals surface area contributed by atoms with Gasteiger partial charge in [-0.1, -0.05) is 0 Å². The molecule has 0 spiro atoms. The van der Waals surface area contributed by atoms with E-state index in [-0.39, 0.29) is 6.10 Å². The minimum atomic E-state index is -0.165. The molecule has 27 heavy (non-hydrogen) atoms. The number of aliphatic hydroxyl groups excluding tert-OH is 1. The highest BCUT2D eigenvalue weighted by atomic mass is 16.5. The summed E-state index contributed by atoms with van der Waals surface area (Å²) in [5.41, 5.74) is 2.56. The lowest BCUT2D eigenvalue weighted by Crippen LogP contribution is -2.28. The number of rotatable bonds is 5. The molecule has 1 aliphatic carbocycles. The SMILES string of the molecule is COc1cc(OC)cc(-c2cnc3ccc(NC4CCC(O)CC4)nn23)c1. The number of methoxy groups -OCH3 is 2. The number of imidazole rings is 1. The van der Waals surface area contributed by atoms with Crippen molar-refractivity contribution in [2.45, 2.75) is 37.8 Å². The van der Waals surface area contributed by atoms with Crippen LogP contribution in [0.3, 0.4) is 0 Å². The molecule has 2 heterocycles. The van der Waals surface area contributed by atoms with Gasteiger partial charge in [0, 0.05) is 17.7 Å². The minimum Gasteiger partial charge on any atom is -0.497 e. The van der Waals surface area contributed by atoms with Gasteiger partial charge in [-0.3, -0.25) is 0 Å². The zero-order valence-corrected chi connectivity index (χ0v) is 15.6. The Morgan fingerprint density at radius 2 is 1.74 bits per heavy atom. The van der Waals surface area contributed by atoms with E-state index in [0.717, 1.165) is 48.4 Å². The number of nitrogens with one attached hydrogen (secondary N) is 1. The van der Waals surface area contributed by atoms with E-state index < -0.39 is 0 Å². The van der Waals surface area contributed by atoms with Gasteiger partial charge in [-0.05, 0) is 49.9 Å². The second-order valence-electron chi connectivity index (χ2n) is 6.88. The second-order valence-corrected chi connectivity index (χ2v) is 6.88. The Kier molecular flexibility index (Phi) is 4.85. The number of aromatic nitrogens is 3. The van der Waals surface area contributed by atoms with Crippen LogP contribution in [0.1, 0.15) is 25.7 Å². The van der Waals surface area contributed by atoms with Crippen LogP contribution in [-0.4, -0.2) is 46.1 Å². The fourth-order valence-corrected chi connectivity index (χ4v) is 3.53. The van der Waals surface area contributed by atoms with Crippen LogP contribution in [0.5, 0.6) is 11.5 Å². The van der Waals surface area contributed by atoms with Crippen molar-refractivity contribution in [2.24, 2.45) is 0 Å². The fraction of sp³-hybridized carbons (Fsp3) is 0.400. The first-order valence-corrected chi connectivity index (χ1v) is 9.19. The molecule has 0 radical (unpaired) electrons. The molecule has 0 saturated heterocycles. The molecule has 3 aromatic rings. The molecule has 1 aromatic carbocycles. The van der Waals surface area contributed by atoms with Crippen molar-refractivity contribution in [3.63, 3.8) is 0 Å². The van der Waals surface area contributed by atoms with Crippen LogP contribution in [0.25, 0.3) is 16.9 Å². The highest BCUT2D eigenvalue weighted by molar-refractivity contribution is 5.67. The van der Waals surface area contributed by atoms with Crippen LogP contribution in [0.15, 0.2) is 36.5 Å². The maximum atomic E-state index is 9.68. The Hall–Kier alpha value is -2.80. The van der Waals surface area contributed by atoms with E-state index in [1.165, 1.54) is 0 Å². The summed E-state index contributed by atoms with van der Waals surface area (Å²) in [7, 11) is 3.27. The molecule has 0 amide bonds. The summed E-state index contributed by atoms with van der Waals surface area (Å²) < 4.78 is 12.6. The van der Waals surface area contributed by atoms with Crippen molar-refractivity contribution in [3.8, 4) is 22.8 Å². The van der Waals surface area contributed by atoms with E-state index in [0.29, 0.717) is 17.5 Å². The van der Waals surface area contributed by atoms with Crippen LogP contribution in [0, 0.1) is 0 Å². The van der Waals surface area contributed by atoms with E-state index in [4.69, 9.17) is 14.6 Å². The summed E-state index contributed by atoms with van der Waals surface area (Å²) in [6.07, 6.45) is 5.20. The van der Waals surface area contributed by atoms with Crippen LogP contribution >= 0.6 is 0 Å². The van der Waals surface area contributed by atoms with Crippen molar-refractivity contribution in [1.29, 1.82) is 0 Å². The van der Waals surface area contributed by atoms with Gasteiger partial charge in [0.2, 0.25) is 0 Å². The standard InChI is InChI=1S/C20H24N4O3/c1-26-16-9-13(10-17(11-16)27-2)18-12-21-20-8-7-19(23-24(18)20)22-14-3-5-15(25)6-4-14/h7-12,14-15,25H,3-6H2,1-2H3,(H,22,23). The lowest BCUT2D eigenvalue weighted by molar-refractivity contribution is 0.126. The molecular weight excluding hydrogens is 344 g/mol. The molecule has 1 fully saturated rings. The van der Waals surface area contributed by atoms with Crippen molar-refractivity contribution in [1.82, 2.24) is 14.6 Å². The Balaban J connectivity index is 1.66. The smallest absolute Gasteiger partial charge is 0.154 e. The number of hydrogen-bond donors (Lipinski definition) is 2. The minimum absolute atomic E-state index is 0.165. The first-order chi connectivity index (χ1) is 13.2. The van der Waals surface area contributed by atoms with Gasteiger partial charge in [-0.25, -0.2) is 9.50 Å². The van der Waals surface area contributed by atoms with Crippen LogP contribution in [0.4, 0.5) is 5.82 Å². The molecule has 7 nitrogen and oxygen atoms in total. The van der Waals surface area contributed by atoms with Crippen LogP contribution in [0.2, 0.25) is 0 Å². The Bertz CT molecular complexity index is 910. The molecule has 142 valence electrons. The monoisotopic (exact) mass is 368 g/mol. The molecule has 1 saturated carbocycles. The Morgan fingerprint density at radius 3 is 2.41 bits per heavy atom. The largest absolute Gasteiger partial charge is 0.497 e. The lowest BCUT2D eigenvalue weighted by atomic mass is 9.93. The van der Waals surface area contributed by atoms with E-state index in [2.05, 4.69) is 10.3 Å². The molecule has 2 N–H and O–H groups in total. The van der Waals surface area contributed by atoms with Crippen molar-refractivity contribution < 1.29 is 14.6 Å². The number of nitrogens with zero attached hydrogens (tertiary/aromatic N) is 3. The van der Waals surface area contributed by atoms with Crippen molar-refractivity contribution in [3.05, 3.63) is 36.5 Å². The van der Waals surface area contributed by atoms with Gasteiger partial charge in [0.05, 0.1) is 32.2 Å². The second kappa shape index (κ2) is 7.44. The van der Waals surface area contributed by atoms with Gasteiger partial charge < -0.3 is 19.9 Å². The summed E-state index contributed by atoms with van der Waals surface area (Å²) in [4.78, 5) is 4.46. The van der Waals surface area contributed by atoms with Gasteiger partial charge >= 0.3 is 0 Å². The molecule has 0 aliphatic heterocycles. The lowest BCUT2D eigenvalue weighted by Gasteiger charge is -2.26. The van der Waals surface area contributed by atoms with E-state index in [9.17, 15) is 5.11 Å². The summed E-state index contributed by atoms with van der Waals surface area (Å²) in [5.74, 6) is 2.24. The first kappa shape index (κ1) is 17.6. The molecule has 0 bridgehead atoms. The third-order valence-electron chi connectivity index (χ3n) is 5.06. The van der Waals surface area contributed by atoms with Crippen LogP contribution < -0.4 is 14.8 Å². The number of fused-ring (bicyclic) bond motifs is 1. The number of anilines is 1. The molecule has 0 atom stereocenters. The average Bonchev–Trinajstić information content (AvgIpc) is 3.12.